The molecule has 2 aromatic heterocycles. The minimum absolute atomic E-state index is 0.0418. The highest BCUT2D eigenvalue weighted by Gasteiger charge is 2.63. The van der Waals surface area contributed by atoms with Gasteiger partial charge in [0.15, 0.2) is 5.82 Å². The fourth-order valence-electron chi connectivity index (χ4n) is 5.02. The number of tetrazole rings is 1. The molecule has 5 heterocycles. The summed E-state index contributed by atoms with van der Waals surface area (Å²) in [6.07, 6.45) is 3.53. The van der Waals surface area contributed by atoms with Crippen LogP contribution in [0.5, 0.6) is 0 Å². The minimum atomic E-state index is -0.285. The zero-order valence-electron chi connectivity index (χ0n) is 16.4. The molecule has 3 saturated heterocycles. The Morgan fingerprint density at radius 1 is 1.45 bits per heavy atom. The van der Waals surface area contributed by atoms with Crippen molar-refractivity contribution >= 4 is 11.8 Å². The summed E-state index contributed by atoms with van der Waals surface area (Å²) in [4.78, 5) is 26.9. The fourth-order valence-corrected chi connectivity index (χ4v) is 5.02. The number of aromatic nitrogens is 6. The molecule has 2 amide bonds. The molecule has 3 aliphatic heterocycles. The molecule has 4 atom stereocenters. The highest BCUT2D eigenvalue weighted by atomic mass is 16.5. The van der Waals surface area contributed by atoms with E-state index in [1.165, 1.54) is 11.0 Å². The van der Waals surface area contributed by atoms with E-state index in [0.29, 0.717) is 31.1 Å². The van der Waals surface area contributed by atoms with E-state index in [1.807, 2.05) is 18.7 Å². The molecule has 154 valence electrons. The van der Waals surface area contributed by atoms with E-state index >= 15 is 0 Å². The number of rotatable bonds is 5. The van der Waals surface area contributed by atoms with Crippen LogP contribution < -0.4 is 5.32 Å². The van der Waals surface area contributed by atoms with Crippen LogP contribution >= 0.6 is 0 Å². The number of hydrogen-bond donors (Lipinski definition) is 2. The van der Waals surface area contributed by atoms with Gasteiger partial charge in [-0.3, -0.25) is 14.7 Å². The first-order valence-corrected chi connectivity index (χ1v) is 10.0. The summed E-state index contributed by atoms with van der Waals surface area (Å²) >= 11 is 0. The van der Waals surface area contributed by atoms with Crippen LogP contribution in [0.3, 0.4) is 0 Å². The normalized spacial score (nSPS) is 30.2. The smallest absolute Gasteiger partial charge is 0.272 e. The molecule has 2 N–H and O–H groups in total. The molecular weight excluding hydrogens is 376 g/mol. The lowest BCUT2D eigenvalue weighted by atomic mass is 9.73. The van der Waals surface area contributed by atoms with E-state index in [0.717, 1.165) is 12.8 Å². The number of aromatic amines is 1. The van der Waals surface area contributed by atoms with Crippen LogP contribution in [-0.2, 0) is 9.53 Å². The number of ether oxygens (including phenoxy) is 1. The van der Waals surface area contributed by atoms with Gasteiger partial charge in [-0.05, 0) is 23.3 Å². The fraction of sp³-hybridized carbons (Fsp3) is 0.667. The lowest BCUT2D eigenvalue weighted by Gasteiger charge is -2.29. The highest BCUT2D eigenvalue weighted by Crippen LogP contribution is 2.54. The summed E-state index contributed by atoms with van der Waals surface area (Å²) in [6.45, 7) is 5.57. The van der Waals surface area contributed by atoms with E-state index in [9.17, 15) is 9.59 Å². The molecular formula is C18H24N8O3. The van der Waals surface area contributed by atoms with Gasteiger partial charge >= 0.3 is 0 Å². The van der Waals surface area contributed by atoms with E-state index in [-0.39, 0.29) is 41.3 Å². The molecule has 2 aromatic rings. The Balaban J connectivity index is 1.29. The maximum Gasteiger partial charge on any atom is 0.272 e. The summed E-state index contributed by atoms with van der Waals surface area (Å²) < 4.78 is 7.76. The average molecular weight is 400 g/mol. The van der Waals surface area contributed by atoms with Gasteiger partial charge in [0.1, 0.15) is 12.0 Å². The monoisotopic (exact) mass is 400 g/mol. The largest absolute Gasteiger partial charge is 0.369 e. The third kappa shape index (κ3) is 2.91. The Labute approximate surface area is 167 Å². The Morgan fingerprint density at radius 2 is 2.31 bits per heavy atom. The van der Waals surface area contributed by atoms with Crippen molar-refractivity contribution in [2.75, 3.05) is 19.6 Å². The van der Waals surface area contributed by atoms with Gasteiger partial charge in [-0.1, -0.05) is 13.8 Å². The number of fused-ring (bicyclic) bond motifs is 1. The molecule has 0 unspecified atom stereocenters. The number of hydrogen-bond acceptors (Lipinski definition) is 7. The topological polar surface area (TPSA) is 131 Å². The van der Waals surface area contributed by atoms with E-state index in [4.69, 9.17) is 4.74 Å². The molecule has 0 saturated carbocycles. The first-order chi connectivity index (χ1) is 14.0. The standard InChI is InChI=1S/C18H24N8O3/c1-10(2)16(27)19-6-11-12-7-25(8-18(12)4-3-14(11)29-18)17(28)13-5-15(22-21-13)26-9-20-23-24-26/h5,9-12,14H,3-4,6-8H2,1-2H3,(H,19,27)(H,21,22)/t11-,12+,14+,18+/m0/s1. The molecule has 3 aliphatic rings. The number of nitrogens with zero attached hydrogens (tertiary/aromatic N) is 6. The van der Waals surface area contributed by atoms with Crippen LogP contribution in [0.1, 0.15) is 37.2 Å². The lowest BCUT2D eigenvalue weighted by Crippen LogP contribution is -2.42. The first-order valence-electron chi connectivity index (χ1n) is 10.0. The molecule has 11 heteroatoms. The van der Waals surface area contributed by atoms with Crippen molar-refractivity contribution in [1.29, 1.82) is 0 Å². The number of amides is 2. The zero-order valence-corrected chi connectivity index (χ0v) is 16.4. The van der Waals surface area contributed by atoms with Crippen LogP contribution in [0.2, 0.25) is 0 Å². The molecule has 1 spiro atoms. The number of likely N-dealkylation sites (tertiary alicyclic amines) is 1. The summed E-state index contributed by atoms with van der Waals surface area (Å²) in [5.74, 6) is 0.836. The van der Waals surface area contributed by atoms with Gasteiger partial charge in [0.2, 0.25) is 5.91 Å². The molecule has 0 aliphatic carbocycles. The van der Waals surface area contributed by atoms with Crippen molar-refractivity contribution in [3.05, 3.63) is 18.1 Å². The van der Waals surface area contributed by atoms with Crippen molar-refractivity contribution in [3.8, 4) is 5.82 Å². The third-order valence-electron chi connectivity index (χ3n) is 6.49. The van der Waals surface area contributed by atoms with Gasteiger partial charge in [0.25, 0.3) is 5.91 Å². The van der Waals surface area contributed by atoms with Crippen molar-refractivity contribution in [2.45, 2.75) is 38.4 Å². The van der Waals surface area contributed by atoms with Gasteiger partial charge in [0, 0.05) is 36.9 Å². The molecule has 11 nitrogen and oxygen atoms in total. The number of nitrogens with one attached hydrogen (secondary N) is 2. The predicted octanol–water partition coefficient (Wildman–Crippen LogP) is -0.223. The quantitative estimate of drug-likeness (QED) is 0.709. The first kappa shape index (κ1) is 18.2. The van der Waals surface area contributed by atoms with Gasteiger partial charge in [0.05, 0.1) is 18.2 Å². The van der Waals surface area contributed by atoms with Gasteiger partial charge in [-0.15, -0.1) is 5.10 Å². The molecule has 29 heavy (non-hydrogen) atoms. The van der Waals surface area contributed by atoms with Crippen LogP contribution in [0, 0.1) is 17.8 Å². The van der Waals surface area contributed by atoms with E-state index in [2.05, 4.69) is 31.0 Å². The van der Waals surface area contributed by atoms with Gasteiger partial charge < -0.3 is 15.0 Å². The zero-order chi connectivity index (χ0) is 20.2. The van der Waals surface area contributed by atoms with E-state index in [1.54, 1.807) is 6.07 Å². The Kier molecular flexibility index (Phi) is 4.16. The molecule has 5 rings (SSSR count). The Morgan fingerprint density at radius 3 is 3.07 bits per heavy atom. The maximum absolute atomic E-state index is 13.1. The predicted molar refractivity (Wildman–Crippen MR) is 98.9 cm³/mol. The molecule has 2 bridgehead atoms. The summed E-state index contributed by atoms with van der Waals surface area (Å²) in [6, 6.07) is 1.64. The number of H-pyrrole nitrogens is 1. The third-order valence-corrected chi connectivity index (χ3v) is 6.49. The van der Waals surface area contributed by atoms with Crippen molar-refractivity contribution in [3.63, 3.8) is 0 Å². The van der Waals surface area contributed by atoms with Crippen LogP contribution in [0.15, 0.2) is 12.4 Å². The number of carbonyl (C=O) groups excluding carboxylic acids is 2. The summed E-state index contributed by atoms with van der Waals surface area (Å²) in [5, 5.41) is 20.9. The second kappa shape index (κ2) is 6.61. The second-order valence-electron chi connectivity index (χ2n) is 8.51. The van der Waals surface area contributed by atoms with Crippen molar-refractivity contribution < 1.29 is 14.3 Å². The number of carbonyl (C=O) groups is 2. The molecule has 0 radical (unpaired) electrons. The van der Waals surface area contributed by atoms with Gasteiger partial charge in [-0.25, -0.2) is 0 Å². The van der Waals surface area contributed by atoms with Crippen molar-refractivity contribution in [2.24, 2.45) is 17.8 Å². The van der Waals surface area contributed by atoms with Crippen LogP contribution in [0.25, 0.3) is 5.82 Å². The minimum Gasteiger partial charge on any atom is -0.369 e. The Hall–Kier alpha value is -2.82. The molecule has 0 aromatic carbocycles. The molecule has 3 fully saturated rings. The van der Waals surface area contributed by atoms with Gasteiger partial charge in [-0.2, -0.15) is 9.78 Å². The van der Waals surface area contributed by atoms with E-state index < -0.39 is 0 Å². The Bertz CT molecular complexity index is 925. The van der Waals surface area contributed by atoms with Crippen LogP contribution in [0.4, 0.5) is 0 Å². The summed E-state index contributed by atoms with van der Waals surface area (Å²) in [5.41, 5.74) is 0.109. The lowest BCUT2D eigenvalue weighted by molar-refractivity contribution is -0.124. The summed E-state index contributed by atoms with van der Waals surface area (Å²) in [7, 11) is 0. The second-order valence-corrected chi connectivity index (χ2v) is 8.51. The SMILES string of the molecule is CC(C)C(=O)NC[C@H]1[C@H]2CN(C(=O)c3cc(-n4cnnn4)n[nH]3)C[C@]23CC[C@H]1O3. The van der Waals surface area contributed by atoms with Crippen molar-refractivity contribution in [1.82, 2.24) is 40.6 Å². The highest BCUT2D eigenvalue weighted by molar-refractivity contribution is 5.93. The average Bonchev–Trinajstić information content (AvgIpc) is 3.50. The van der Waals surface area contributed by atoms with Crippen LogP contribution in [-0.4, -0.2) is 78.5 Å². The maximum atomic E-state index is 13.1.